The zero-order valence-electron chi connectivity index (χ0n) is 24.9. The van der Waals surface area contributed by atoms with Gasteiger partial charge in [-0.1, -0.05) is 56.5 Å². The van der Waals surface area contributed by atoms with Gasteiger partial charge in [-0.15, -0.1) is 0 Å². The molecule has 1 aromatic rings. The SMILES string of the molecule is CCCC(c1ccccc1)N1CCC(C(CCCCB2OC(C)(C)C(C)(C)O2)C(=O)NC(C)(C)C)CC1. The number of nitrogens with one attached hydrogen (secondary N) is 1. The molecule has 1 amide bonds. The van der Waals surface area contributed by atoms with Gasteiger partial charge >= 0.3 is 7.12 Å². The number of carbonyl (C=O) groups excluding carboxylic acids is 1. The van der Waals surface area contributed by atoms with Crippen LogP contribution in [0, 0.1) is 11.8 Å². The quantitative estimate of drug-likeness (QED) is 0.255. The van der Waals surface area contributed by atoms with E-state index in [1.165, 1.54) is 18.4 Å². The highest BCUT2D eigenvalue weighted by Crippen LogP contribution is 2.39. The molecular formula is C31H53BN2O3. The molecule has 2 atom stereocenters. The van der Waals surface area contributed by atoms with E-state index < -0.39 is 0 Å². The molecule has 0 bridgehead atoms. The standard InChI is InChI=1S/C31H53BN2O3/c1-9-15-27(25-16-11-10-12-17-25)34-22-19-24(20-23-34)26(28(35)33-29(2,3)4)18-13-14-21-32-36-30(5,6)31(7,8)37-32/h10-12,16-17,24,26-27H,9,13-15,18-23H2,1-8H3,(H,33,35). The minimum absolute atomic E-state index is 0.0704. The molecule has 0 radical (unpaired) electrons. The third-order valence-electron chi connectivity index (χ3n) is 8.67. The lowest BCUT2D eigenvalue weighted by Gasteiger charge is -2.40. The lowest BCUT2D eigenvalue weighted by Crippen LogP contribution is -2.47. The lowest BCUT2D eigenvalue weighted by molar-refractivity contribution is -0.129. The number of likely N-dealkylation sites (tertiary alicyclic amines) is 1. The largest absolute Gasteiger partial charge is 0.457 e. The van der Waals surface area contributed by atoms with Crippen molar-refractivity contribution >= 4 is 13.0 Å². The second-order valence-corrected chi connectivity index (χ2v) is 13.4. The summed E-state index contributed by atoms with van der Waals surface area (Å²) < 4.78 is 12.4. The summed E-state index contributed by atoms with van der Waals surface area (Å²) in [5, 5.41) is 3.30. The number of piperidine rings is 1. The minimum Gasteiger partial charge on any atom is -0.403 e. The summed E-state index contributed by atoms with van der Waals surface area (Å²) in [6, 6.07) is 11.4. The summed E-state index contributed by atoms with van der Waals surface area (Å²) in [5.74, 6) is 0.740. The summed E-state index contributed by atoms with van der Waals surface area (Å²) in [4.78, 5) is 16.1. The number of amides is 1. The van der Waals surface area contributed by atoms with Gasteiger partial charge in [0.2, 0.25) is 5.91 Å². The Morgan fingerprint density at radius 1 is 1.03 bits per heavy atom. The van der Waals surface area contributed by atoms with Crippen molar-refractivity contribution in [1.82, 2.24) is 10.2 Å². The molecule has 1 aromatic carbocycles. The van der Waals surface area contributed by atoms with E-state index in [9.17, 15) is 4.79 Å². The van der Waals surface area contributed by atoms with E-state index in [2.05, 4.69) is 95.9 Å². The van der Waals surface area contributed by atoms with E-state index in [-0.39, 0.29) is 35.7 Å². The van der Waals surface area contributed by atoms with E-state index in [0.29, 0.717) is 12.0 Å². The van der Waals surface area contributed by atoms with Crippen molar-refractivity contribution in [2.24, 2.45) is 11.8 Å². The molecule has 0 spiro atoms. The van der Waals surface area contributed by atoms with E-state index >= 15 is 0 Å². The smallest absolute Gasteiger partial charge is 0.403 e. The van der Waals surface area contributed by atoms with Crippen LogP contribution >= 0.6 is 0 Å². The van der Waals surface area contributed by atoms with Crippen molar-refractivity contribution in [3.05, 3.63) is 35.9 Å². The molecule has 1 N–H and O–H groups in total. The van der Waals surface area contributed by atoms with Crippen molar-refractivity contribution < 1.29 is 14.1 Å². The van der Waals surface area contributed by atoms with Crippen LogP contribution in [-0.4, -0.2) is 47.8 Å². The highest BCUT2D eigenvalue weighted by atomic mass is 16.7. The molecule has 2 aliphatic heterocycles. The van der Waals surface area contributed by atoms with Crippen LogP contribution in [-0.2, 0) is 14.1 Å². The molecule has 2 fully saturated rings. The molecule has 3 rings (SSSR count). The zero-order chi connectivity index (χ0) is 27.3. The molecular weight excluding hydrogens is 459 g/mol. The Kier molecular flexibility index (Phi) is 10.3. The Morgan fingerprint density at radius 2 is 1.62 bits per heavy atom. The number of carbonyl (C=O) groups is 1. The molecule has 208 valence electrons. The fourth-order valence-corrected chi connectivity index (χ4v) is 5.94. The fourth-order valence-electron chi connectivity index (χ4n) is 5.94. The van der Waals surface area contributed by atoms with Crippen LogP contribution in [0.3, 0.4) is 0 Å². The van der Waals surface area contributed by atoms with Gasteiger partial charge in [-0.3, -0.25) is 9.69 Å². The summed E-state index contributed by atoms with van der Waals surface area (Å²) in [6.07, 6.45) is 8.40. The van der Waals surface area contributed by atoms with Gasteiger partial charge in [0, 0.05) is 17.5 Å². The summed E-state index contributed by atoms with van der Waals surface area (Å²) >= 11 is 0. The molecule has 2 heterocycles. The average molecular weight is 513 g/mol. The maximum Gasteiger partial charge on any atom is 0.457 e. The van der Waals surface area contributed by atoms with Gasteiger partial charge in [0.05, 0.1) is 11.2 Å². The third kappa shape index (κ3) is 8.31. The summed E-state index contributed by atoms with van der Waals surface area (Å²) in [6.45, 7) is 19.1. The second-order valence-electron chi connectivity index (χ2n) is 13.4. The van der Waals surface area contributed by atoms with Crippen molar-refractivity contribution in [2.75, 3.05) is 13.1 Å². The second kappa shape index (κ2) is 12.7. The predicted octanol–water partition coefficient (Wildman–Crippen LogP) is 7.03. The predicted molar refractivity (Wildman–Crippen MR) is 155 cm³/mol. The number of hydrogen-bond donors (Lipinski definition) is 1. The molecule has 0 aromatic heterocycles. The van der Waals surface area contributed by atoms with Crippen molar-refractivity contribution in [1.29, 1.82) is 0 Å². The third-order valence-corrected chi connectivity index (χ3v) is 8.67. The first kappa shape index (κ1) is 30.2. The van der Waals surface area contributed by atoms with Gasteiger partial charge in [0.25, 0.3) is 0 Å². The van der Waals surface area contributed by atoms with Gasteiger partial charge in [0.15, 0.2) is 0 Å². The maximum atomic E-state index is 13.4. The number of benzene rings is 1. The Hall–Kier alpha value is -1.37. The molecule has 2 unspecified atom stereocenters. The molecule has 0 saturated carbocycles. The Bertz CT molecular complexity index is 828. The van der Waals surface area contributed by atoms with Crippen molar-refractivity contribution in [3.63, 3.8) is 0 Å². The first-order chi connectivity index (χ1) is 17.3. The zero-order valence-corrected chi connectivity index (χ0v) is 24.9. The first-order valence-corrected chi connectivity index (χ1v) is 14.8. The molecule has 6 heteroatoms. The maximum absolute atomic E-state index is 13.4. The highest BCUT2D eigenvalue weighted by molar-refractivity contribution is 6.45. The number of nitrogens with zero attached hydrogens (tertiary/aromatic N) is 1. The molecule has 37 heavy (non-hydrogen) atoms. The van der Waals surface area contributed by atoms with Gasteiger partial charge in [-0.05, 0) is 105 Å². The van der Waals surface area contributed by atoms with Crippen LogP contribution in [0.25, 0.3) is 0 Å². The number of rotatable bonds is 11. The Morgan fingerprint density at radius 3 is 2.16 bits per heavy atom. The fraction of sp³-hybridized carbons (Fsp3) is 0.774. The topological polar surface area (TPSA) is 50.8 Å². The average Bonchev–Trinajstić information content (AvgIpc) is 3.03. The Labute approximate surface area is 227 Å². The van der Waals surface area contributed by atoms with E-state index in [4.69, 9.17) is 9.31 Å². The minimum atomic E-state index is -0.282. The van der Waals surface area contributed by atoms with Crippen molar-refractivity contribution in [2.45, 2.75) is 129 Å². The van der Waals surface area contributed by atoms with E-state index in [0.717, 1.165) is 51.5 Å². The van der Waals surface area contributed by atoms with Crippen molar-refractivity contribution in [3.8, 4) is 0 Å². The monoisotopic (exact) mass is 512 g/mol. The number of hydrogen-bond acceptors (Lipinski definition) is 4. The summed E-state index contributed by atoms with van der Waals surface area (Å²) in [7, 11) is -0.149. The van der Waals surface area contributed by atoms with Gasteiger partial charge < -0.3 is 14.6 Å². The van der Waals surface area contributed by atoms with Gasteiger partial charge in [-0.2, -0.15) is 0 Å². The van der Waals surface area contributed by atoms with Crippen LogP contribution in [0.5, 0.6) is 0 Å². The Balaban J connectivity index is 1.57. The molecule has 2 aliphatic rings. The lowest BCUT2D eigenvalue weighted by atomic mass is 9.77. The molecule has 5 nitrogen and oxygen atoms in total. The highest BCUT2D eigenvalue weighted by Gasteiger charge is 2.50. The van der Waals surface area contributed by atoms with Gasteiger partial charge in [0.1, 0.15) is 0 Å². The van der Waals surface area contributed by atoms with E-state index in [1.54, 1.807) is 0 Å². The first-order valence-electron chi connectivity index (χ1n) is 14.8. The molecule has 0 aliphatic carbocycles. The normalized spacial score (nSPS) is 22.1. The van der Waals surface area contributed by atoms with Crippen LogP contribution < -0.4 is 5.32 Å². The van der Waals surface area contributed by atoms with Gasteiger partial charge in [-0.25, -0.2) is 0 Å². The summed E-state index contributed by atoms with van der Waals surface area (Å²) in [5.41, 5.74) is 0.650. The number of unbranched alkanes of at least 4 members (excludes halogenated alkanes) is 1. The van der Waals surface area contributed by atoms with E-state index in [1.807, 2.05) is 0 Å². The molecule has 2 saturated heterocycles. The van der Waals surface area contributed by atoms with Crippen LogP contribution in [0.4, 0.5) is 0 Å². The van der Waals surface area contributed by atoms with Crippen LogP contribution in [0.2, 0.25) is 6.32 Å². The van der Waals surface area contributed by atoms with Crippen LogP contribution in [0.1, 0.15) is 112 Å². The van der Waals surface area contributed by atoms with Crippen LogP contribution in [0.15, 0.2) is 30.3 Å².